The summed E-state index contributed by atoms with van der Waals surface area (Å²) in [6.45, 7) is 8.54. The van der Waals surface area contributed by atoms with Crippen molar-refractivity contribution in [2.75, 3.05) is 12.4 Å². The van der Waals surface area contributed by atoms with Crippen LogP contribution in [-0.4, -0.2) is 23.1 Å². The smallest absolute Gasteiger partial charge is 0.222 e. The molecule has 1 atom stereocenters. The van der Waals surface area contributed by atoms with Gasteiger partial charge in [0.1, 0.15) is 11.6 Å². The first kappa shape index (κ1) is 14.1. The second kappa shape index (κ2) is 5.76. The summed E-state index contributed by atoms with van der Waals surface area (Å²) in [4.78, 5) is 9.20. The van der Waals surface area contributed by atoms with Crippen LogP contribution in [0.3, 0.4) is 0 Å². The number of rotatable bonds is 6. The number of hydrogen-bond acceptors (Lipinski definition) is 4. The average molecular weight is 263 g/mol. The lowest BCUT2D eigenvalue weighted by Crippen LogP contribution is -2.17. The molecule has 0 bridgehead atoms. The Labute approximate surface area is 116 Å². The van der Waals surface area contributed by atoms with Gasteiger partial charge in [0.25, 0.3) is 0 Å². The highest BCUT2D eigenvalue weighted by Crippen LogP contribution is 2.40. The summed E-state index contributed by atoms with van der Waals surface area (Å²) in [6, 6.07) is 0. The third-order valence-electron chi connectivity index (χ3n) is 3.41. The lowest BCUT2D eigenvalue weighted by atomic mass is 10.1. The molecule has 1 aliphatic carbocycles. The molecule has 4 nitrogen and oxygen atoms in total. The zero-order valence-electron chi connectivity index (χ0n) is 12.7. The van der Waals surface area contributed by atoms with Gasteiger partial charge in [-0.1, -0.05) is 13.8 Å². The highest BCUT2D eigenvalue weighted by atomic mass is 16.5. The molecular formula is C15H25N3O. The molecule has 0 spiro atoms. The van der Waals surface area contributed by atoms with Crippen LogP contribution in [0.1, 0.15) is 57.3 Å². The van der Waals surface area contributed by atoms with Crippen LogP contribution in [-0.2, 0) is 0 Å². The molecule has 1 heterocycles. The van der Waals surface area contributed by atoms with Crippen molar-refractivity contribution in [2.24, 2.45) is 5.92 Å². The van der Waals surface area contributed by atoms with Crippen molar-refractivity contribution in [3.63, 3.8) is 0 Å². The first-order valence-corrected chi connectivity index (χ1v) is 7.24. The van der Waals surface area contributed by atoms with Crippen LogP contribution in [0.2, 0.25) is 0 Å². The molecule has 1 saturated carbocycles. The molecule has 19 heavy (non-hydrogen) atoms. The Kier molecular flexibility index (Phi) is 4.27. The van der Waals surface area contributed by atoms with E-state index >= 15 is 0 Å². The molecule has 1 aromatic heterocycles. The van der Waals surface area contributed by atoms with Crippen molar-refractivity contribution in [3.05, 3.63) is 11.4 Å². The molecule has 0 radical (unpaired) electrons. The number of nitrogens with zero attached hydrogens (tertiary/aromatic N) is 2. The maximum Gasteiger partial charge on any atom is 0.222 e. The van der Waals surface area contributed by atoms with Gasteiger partial charge in [-0.05, 0) is 39.0 Å². The van der Waals surface area contributed by atoms with Gasteiger partial charge in [0.15, 0.2) is 0 Å². The highest BCUT2D eigenvalue weighted by Gasteiger charge is 2.28. The van der Waals surface area contributed by atoms with E-state index in [-0.39, 0.29) is 6.10 Å². The molecule has 0 amide bonds. The summed E-state index contributed by atoms with van der Waals surface area (Å²) in [5.74, 6) is 3.74. The summed E-state index contributed by atoms with van der Waals surface area (Å²) < 4.78 is 6.03. The van der Waals surface area contributed by atoms with Crippen LogP contribution < -0.4 is 10.1 Å². The second-order valence-electron chi connectivity index (χ2n) is 5.94. The number of ether oxygens (including phenoxy) is 1. The van der Waals surface area contributed by atoms with Gasteiger partial charge in [-0.2, -0.15) is 4.98 Å². The summed E-state index contributed by atoms with van der Waals surface area (Å²) in [5, 5.41) is 3.14. The molecule has 4 heteroatoms. The maximum atomic E-state index is 6.03. The zero-order valence-corrected chi connectivity index (χ0v) is 12.7. The molecule has 1 aliphatic rings. The summed E-state index contributed by atoms with van der Waals surface area (Å²) in [5.41, 5.74) is 1.00. The van der Waals surface area contributed by atoms with Crippen molar-refractivity contribution in [1.29, 1.82) is 0 Å². The lowest BCUT2D eigenvalue weighted by Gasteiger charge is -2.19. The van der Waals surface area contributed by atoms with E-state index in [0.717, 1.165) is 29.5 Å². The van der Waals surface area contributed by atoms with Gasteiger partial charge in [-0.25, -0.2) is 4.98 Å². The van der Waals surface area contributed by atoms with E-state index in [2.05, 4.69) is 36.1 Å². The van der Waals surface area contributed by atoms with E-state index in [9.17, 15) is 0 Å². The summed E-state index contributed by atoms with van der Waals surface area (Å²) >= 11 is 0. The third-order valence-corrected chi connectivity index (χ3v) is 3.41. The van der Waals surface area contributed by atoms with E-state index in [1.54, 1.807) is 0 Å². The van der Waals surface area contributed by atoms with Crippen molar-refractivity contribution in [1.82, 2.24) is 9.97 Å². The van der Waals surface area contributed by atoms with Crippen LogP contribution in [0, 0.1) is 12.8 Å². The number of hydrogen-bond donors (Lipinski definition) is 1. The van der Waals surface area contributed by atoms with Gasteiger partial charge >= 0.3 is 0 Å². The largest absolute Gasteiger partial charge is 0.474 e. The van der Waals surface area contributed by atoms with E-state index in [4.69, 9.17) is 4.74 Å². The molecule has 1 aromatic rings. The topological polar surface area (TPSA) is 47.0 Å². The Morgan fingerprint density at radius 2 is 1.95 bits per heavy atom. The van der Waals surface area contributed by atoms with Gasteiger partial charge in [0.2, 0.25) is 5.88 Å². The molecule has 0 aliphatic heterocycles. The molecule has 0 saturated heterocycles. The monoisotopic (exact) mass is 263 g/mol. The molecule has 106 valence electrons. The predicted molar refractivity (Wildman–Crippen MR) is 77.8 cm³/mol. The lowest BCUT2D eigenvalue weighted by molar-refractivity contribution is 0.183. The number of aromatic nitrogens is 2. The van der Waals surface area contributed by atoms with Gasteiger partial charge < -0.3 is 10.1 Å². The number of anilines is 1. The molecule has 1 N–H and O–H groups in total. The van der Waals surface area contributed by atoms with Crippen molar-refractivity contribution < 1.29 is 4.74 Å². The Morgan fingerprint density at radius 3 is 2.47 bits per heavy atom. The van der Waals surface area contributed by atoms with E-state index in [1.165, 1.54) is 12.8 Å². The predicted octanol–water partition coefficient (Wildman–Crippen LogP) is 3.52. The van der Waals surface area contributed by atoms with Gasteiger partial charge in [0.05, 0.1) is 11.7 Å². The zero-order chi connectivity index (χ0) is 14.0. The Hall–Kier alpha value is -1.32. The number of nitrogens with one attached hydrogen (secondary N) is 1. The van der Waals surface area contributed by atoms with Crippen molar-refractivity contribution in [3.8, 4) is 5.88 Å². The Morgan fingerprint density at radius 1 is 1.26 bits per heavy atom. The van der Waals surface area contributed by atoms with Crippen molar-refractivity contribution in [2.45, 2.75) is 59.0 Å². The fourth-order valence-electron chi connectivity index (χ4n) is 2.30. The highest BCUT2D eigenvalue weighted by molar-refractivity contribution is 5.48. The molecular weight excluding hydrogens is 238 g/mol. The molecule has 1 unspecified atom stereocenters. The van der Waals surface area contributed by atoms with E-state index in [1.807, 2.05) is 14.0 Å². The van der Waals surface area contributed by atoms with Crippen LogP contribution in [0.15, 0.2) is 0 Å². The van der Waals surface area contributed by atoms with Crippen LogP contribution in [0.25, 0.3) is 0 Å². The van der Waals surface area contributed by atoms with Crippen molar-refractivity contribution >= 4 is 5.82 Å². The quantitative estimate of drug-likeness (QED) is 0.853. The Bertz CT molecular complexity index is 441. The van der Waals surface area contributed by atoms with Crippen LogP contribution >= 0.6 is 0 Å². The summed E-state index contributed by atoms with van der Waals surface area (Å²) in [6.07, 6.45) is 3.63. The summed E-state index contributed by atoms with van der Waals surface area (Å²) in [7, 11) is 1.90. The first-order chi connectivity index (χ1) is 9.01. The van der Waals surface area contributed by atoms with Crippen LogP contribution in [0.5, 0.6) is 5.88 Å². The first-order valence-electron chi connectivity index (χ1n) is 7.24. The molecule has 2 rings (SSSR count). The minimum atomic E-state index is 0.186. The fourth-order valence-corrected chi connectivity index (χ4v) is 2.30. The Balaban J connectivity index is 2.20. The average Bonchev–Trinajstić information content (AvgIpc) is 3.14. The fraction of sp³-hybridized carbons (Fsp3) is 0.733. The normalized spacial score (nSPS) is 16.5. The molecule has 1 fully saturated rings. The minimum Gasteiger partial charge on any atom is -0.474 e. The van der Waals surface area contributed by atoms with Gasteiger partial charge in [-0.3, -0.25) is 0 Å². The van der Waals surface area contributed by atoms with Crippen LogP contribution in [0.4, 0.5) is 5.82 Å². The minimum absolute atomic E-state index is 0.186. The maximum absolute atomic E-state index is 6.03. The van der Waals surface area contributed by atoms with Gasteiger partial charge in [0, 0.05) is 13.0 Å². The SMILES string of the molecule is CNc1nc(C2CC2)nc(OC(C)CC(C)C)c1C. The van der Waals surface area contributed by atoms with E-state index in [0.29, 0.717) is 11.8 Å². The van der Waals surface area contributed by atoms with E-state index < -0.39 is 0 Å². The molecule has 0 aromatic carbocycles. The van der Waals surface area contributed by atoms with Gasteiger partial charge in [-0.15, -0.1) is 0 Å². The second-order valence-corrected chi connectivity index (χ2v) is 5.94. The standard InChI is InChI=1S/C15H25N3O/c1-9(2)8-10(3)19-15-11(4)13(16-5)17-14(18-15)12-6-7-12/h9-10,12H,6-8H2,1-5H3,(H,16,17,18). The third kappa shape index (κ3) is 3.58.